The van der Waals surface area contributed by atoms with Crippen molar-refractivity contribution in [3.63, 3.8) is 0 Å². The standard InChI is InChI=1S/C26H28F2N4O2/c1-3-34-30-26(21-5-6-22(27)23(28)14-21)24-7-4-18(16-29-24)17-32-12-9-19(10-13-32)20-8-11-31(2)25(33)15-20/h4-8,11,14-16,19H,3,9-10,12-13,17H2,1-2H3. The molecule has 0 amide bonds. The number of pyridine rings is 2. The van der Waals surface area contributed by atoms with Crippen molar-refractivity contribution in [2.75, 3.05) is 19.7 Å². The molecule has 1 aliphatic heterocycles. The van der Waals surface area contributed by atoms with E-state index in [4.69, 9.17) is 4.84 Å². The van der Waals surface area contributed by atoms with E-state index in [1.165, 1.54) is 6.07 Å². The van der Waals surface area contributed by atoms with E-state index in [9.17, 15) is 13.6 Å². The van der Waals surface area contributed by atoms with E-state index in [-0.39, 0.29) is 5.56 Å². The number of rotatable bonds is 7. The van der Waals surface area contributed by atoms with Gasteiger partial charge in [-0.3, -0.25) is 14.7 Å². The second kappa shape index (κ2) is 10.7. The van der Waals surface area contributed by atoms with E-state index in [0.29, 0.717) is 29.5 Å². The summed E-state index contributed by atoms with van der Waals surface area (Å²) < 4.78 is 28.7. The lowest BCUT2D eigenvalue weighted by atomic mass is 9.90. The van der Waals surface area contributed by atoms with Gasteiger partial charge in [-0.25, -0.2) is 8.78 Å². The van der Waals surface area contributed by atoms with Crippen LogP contribution in [0.15, 0.2) is 64.8 Å². The van der Waals surface area contributed by atoms with Gasteiger partial charge in [-0.2, -0.15) is 0 Å². The van der Waals surface area contributed by atoms with Crippen LogP contribution < -0.4 is 5.56 Å². The SMILES string of the molecule is CCON=C(c1ccc(F)c(F)c1)c1ccc(CN2CCC(c3ccn(C)c(=O)c3)CC2)cn1. The Morgan fingerprint density at radius 2 is 1.91 bits per heavy atom. The molecule has 3 heterocycles. The molecule has 8 heteroatoms. The average molecular weight is 467 g/mol. The Morgan fingerprint density at radius 3 is 2.56 bits per heavy atom. The Kier molecular flexibility index (Phi) is 7.47. The molecule has 1 saturated heterocycles. The molecular formula is C26H28F2N4O2. The molecule has 34 heavy (non-hydrogen) atoms. The van der Waals surface area contributed by atoms with Gasteiger partial charge in [0.1, 0.15) is 12.3 Å². The summed E-state index contributed by atoms with van der Waals surface area (Å²) >= 11 is 0. The highest BCUT2D eigenvalue weighted by molar-refractivity contribution is 6.11. The Morgan fingerprint density at radius 1 is 1.12 bits per heavy atom. The lowest BCUT2D eigenvalue weighted by Crippen LogP contribution is -2.33. The summed E-state index contributed by atoms with van der Waals surface area (Å²) in [4.78, 5) is 24.0. The van der Waals surface area contributed by atoms with Crippen LogP contribution in [0.2, 0.25) is 0 Å². The molecule has 0 atom stereocenters. The van der Waals surface area contributed by atoms with E-state index < -0.39 is 11.6 Å². The molecule has 1 aromatic carbocycles. The van der Waals surface area contributed by atoms with E-state index in [0.717, 1.165) is 55.7 Å². The molecule has 1 fully saturated rings. The van der Waals surface area contributed by atoms with Gasteiger partial charge in [0.2, 0.25) is 0 Å². The van der Waals surface area contributed by atoms with Crippen molar-refractivity contribution < 1.29 is 13.6 Å². The van der Waals surface area contributed by atoms with Gasteiger partial charge in [0, 0.05) is 37.6 Å². The maximum Gasteiger partial charge on any atom is 0.250 e. The number of nitrogens with zero attached hydrogens (tertiary/aromatic N) is 4. The zero-order chi connectivity index (χ0) is 24.1. The molecule has 4 rings (SSSR count). The molecule has 0 bridgehead atoms. The Balaban J connectivity index is 1.41. The lowest BCUT2D eigenvalue weighted by molar-refractivity contribution is 0.159. The van der Waals surface area contributed by atoms with Crippen molar-refractivity contribution in [3.8, 4) is 0 Å². The predicted molar refractivity (Wildman–Crippen MR) is 127 cm³/mol. The zero-order valence-electron chi connectivity index (χ0n) is 19.4. The van der Waals surface area contributed by atoms with Crippen LogP contribution in [0.4, 0.5) is 8.78 Å². The fourth-order valence-corrected chi connectivity index (χ4v) is 4.18. The van der Waals surface area contributed by atoms with Crippen molar-refractivity contribution in [2.24, 2.45) is 12.2 Å². The first kappa shape index (κ1) is 23.8. The molecule has 3 aromatic rings. The minimum Gasteiger partial charge on any atom is -0.396 e. The Bertz CT molecular complexity index is 1220. The van der Waals surface area contributed by atoms with Crippen LogP contribution in [0.1, 0.15) is 48.1 Å². The van der Waals surface area contributed by atoms with Gasteiger partial charge in [-0.1, -0.05) is 11.2 Å². The molecule has 0 spiro atoms. The molecule has 6 nitrogen and oxygen atoms in total. The average Bonchev–Trinajstić information content (AvgIpc) is 2.85. The van der Waals surface area contributed by atoms with Gasteiger partial charge >= 0.3 is 0 Å². The van der Waals surface area contributed by atoms with E-state index in [1.807, 2.05) is 24.4 Å². The van der Waals surface area contributed by atoms with Gasteiger partial charge in [-0.15, -0.1) is 0 Å². The smallest absolute Gasteiger partial charge is 0.250 e. The van der Waals surface area contributed by atoms with Crippen molar-refractivity contribution in [2.45, 2.75) is 32.2 Å². The summed E-state index contributed by atoms with van der Waals surface area (Å²) in [6.45, 7) is 4.78. The number of likely N-dealkylation sites (tertiary alicyclic amines) is 1. The highest BCUT2D eigenvalue weighted by atomic mass is 19.2. The molecular weight excluding hydrogens is 438 g/mol. The molecule has 0 aliphatic carbocycles. The molecule has 0 N–H and O–H groups in total. The quantitative estimate of drug-likeness (QED) is 0.386. The predicted octanol–water partition coefficient (Wildman–Crippen LogP) is 4.23. The lowest BCUT2D eigenvalue weighted by Gasteiger charge is -2.32. The Hall–Kier alpha value is -3.39. The zero-order valence-corrected chi connectivity index (χ0v) is 19.4. The molecule has 1 aliphatic rings. The normalized spacial score (nSPS) is 15.5. The fraction of sp³-hybridized carbons (Fsp3) is 0.346. The van der Waals surface area contributed by atoms with Crippen LogP contribution in [-0.2, 0) is 18.4 Å². The maximum atomic E-state index is 13.8. The third kappa shape index (κ3) is 5.56. The van der Waals surface area contributed by atoms with Crippen molar-refractivity contribution in [1.29, 1.82) is 0 Å². The summed E-state index contributed by atoms with van der Waals surface area (Å²) in [6.07, 6.45) is 5.62. The van der Waals surface area contributed by atoms with Gasteiger partial charge in [0.25, 0.3) is 5.56 Å². The van der Waals surface area contributed by atoms with Crippen LogP contribution in [0.3, 0.4) is 0 Å². The van der Waals surface area contributed by atoms with Gasteiger partial charge in [0.15, 0.2) is 11.6 Å². The van der Waals surface area contributed by atoms with Crippen LogP contribution in [-0.4, -0.2) is 39.9 Å². The number of halogens is 2. The maximum absolute atomic E-state index is 13.8. The minimum absolute atomic E-state index is 0.0294. The molecule has 0 radical (unpaired) electrons. The molecule has 2 aromatic heterocycles. The Labute approximate surface area is 197 Å². The van der Waals surface area contributed by atoms with Gasteiger partial charge in [0.05, 0.1) is 5.69 Å². The highest BCUT2D eigenvalue weighted by Gasteiger charge is 2.21. The number of hydrogen-bond acceptors (Lipinski definition) is 5. The largest absolute Gasteiger partial charge is 0.396 e. The van der Waals surface area contributed by atoms with Crippen LogP contribution in [0.5, 0.6) is 0 Å². The summed E-state index contributed by atoms with van der Waals surface area (Å²) in [5.74, 6) is -1.46. The summed E-state index contributed by atoms with van der Waals surface area (Å²) in [6, 6.07) is 11.2. The number of aryl methyl sites for hydroxylation is 1. The summed E-state index contributed by atoms with van der Waals surface area (Å²) in [5.41, 5.74) is 3.46. The molecule has 0 unspecified atom stereocenters. The topological polar surface area (TPSA) is 59.7 Å². The fourth-order valence-electron chi connectivity index (χ4n) is 4.18. The first-order valence-electron chi connectivity index (χ1n) is 11.4. The van der Waals surface area contributed by atoms with Crippen LogP contribution in [0, 0.1) is 11.6 Å². The van der Waals surface area contributed by atoms with Gasteiger partial charge in [-0.05, 0) is 80.2 Å². The van der Waals surface area contributed by atoms with Crippen LogP contribution >= 0.6 is 0 Å². The summed E-state index contributed by atoms with van der Waals surface area (Å²) in [5, 5.41) is 4.08. The van der Waals surface area contributed by atoms with Crippen LogP contribution in [0.25, 0.3) is 0 Å². The number of benzene rings is 1. The van der Waals surface area contributed by atoms with E-state index in [2.05, 4.69) is 15.0 Å². The third-order valence-electron chi connectivity index (χ3n) is 6.14. The number of hydrogen-bond donors (Lipinski definition) is 0. The number of piperidine rings is 1. The first-order chi connectivity index (χ1) is 16.4. The minimum atomic E-state index is -0.947. The van der Waals surface area contributed by atoms with E-state index >= 15 is 0 Å². The van der Waals surface area contributed by atoms with Crippen molar-refractivity contribution >= 4 is 5.71 Å². The summed E-state index contributed by atoms with van der Waals surface area (Å²) in [7, 11) is 1.76. The second-order valence-corrected chi connectivity index (χ2v) is 8.50. The first-order valence-corrected chi connectivity index (χ1v) is 11.4. The molecule has 178 valence electrons. The molecule has 0 saturated carbocycles. The second-order valence-electron chi connectivity index (χ2n) is 8.50. The number of aromatic nitrogens is 2. The monoisotopic (exact) mass is 466 g/mol. The number of oxime groups is 1. The highest BCUT2D eigenvalue weighted by Crippen LogP contribution is 2.27. The van der Waals surface area contributed by atoms with Gasteiger partial charge < -0.3 is 9.40 Å². The van der Waals surface area contributed by atoms with Crippen molar-refractivity contribution in [1.82, 2.24) is 14.5 Å². The third-order valence-corrected chi connectivity index (χ3v) is 6.14. The van der Waals surface area contributed by atoms with E-state index in [1.54, 1.807) is 30.8 Å². The van der Waals surface area contributed by atoms with Crippen molar-refractivity contribution in [3.05, 3.63) is 99.2 Å².